The molecule has 5 heteroatoms. The third kappa shape index (κ3) is 5.08. The predicted molar refractivity (Wildman–Crippen MR) is 112 cm³/mol. The summed E-state index contributed by atoms with van der Waals surface area (Å²) in [4.78, 5) is 14.8. The van der Waals surface area contributed by atoms with Crippen LogP contribution in [-0.4, -0.2) is 20.1 Å². The van der Waals surface area contributed by atoms with Crippen LogP contribution in [0.15, 0.2) is 89.8 Å². The minimum absolute atomic E-state index is 0.0715. The van der Waals surface area contributed by atoms with Crippen LogP contribution in [0, 0.1) is 6.92 Å². The highest BCUT2D eigenvalue weighted by atomic mass is 32.2. The second-order valence-electron chi connectivity index (χ2n) is 6.68. The Morgan fingerprint density at radius 2 is 1.39 bits per heavy atom. The van der Waals surface area contributed by atoms with Crippen molar-refractivity contribution in [2.75, 3.05) is 10.7 Å². The van der Waals surface area contributed by atoms with E-state index < -0.39 is 9.84 Å². The van der Waals surface area contributed by atoms with Gasteiger partial charge in [-0.3, -0.25) is 4.79 Å². The topological polar surface area (TPSA) is 54.5 Å². The van der Waals surface area contributed by atoms with Gasteiger partial charge in [-0.2, -0.15) is 0 Å². The van der Waals surface area contributed by atoms with Crippen molar-refractivity contribution >= 4 is 21.4 Å². The average molecular weight is 394 g/mol. The van der Waals surface area contributed by atoms with E-state index in [-0.39, 0.29) is 23.0 Å². The van der Waals surface area contributed by atoms with E-state index in [0.717, 1.165) is 16.8 Å². The van der Waals surface area contributed by atoms with Crippen molar-refractivity contribution in [3.63, 3.8) is 0 Å². The van der Waals surface area contributed by atoms with E-state index in [1.807, 2.05) is 67.6 Å². The van der Waals surface area contributed by atoms with Crippen LogP contribution < -0.4 is 4.90 Å². The molecule has 3 aromatic rings. The first-order chi connectivity index (χ1) is 13.5. The molecule has 144 valence electrons. The summed E-state index contributed by atoms with van der Waals surface area (Å²) in [5.41, 5.74) is 2.73. The van der Waals surface area contributed by atoms with Crippen molar-refractivity contribution in [2.45, 2.75) is 24.8 Å². The van der Waals surface area contributed by atoms with E-state index in [0.29, 0.717) is 6.54 Å². The molecule has 1 amide bonds. The zero-order valence-electron chi connectivity index (χ0n) is 15.8. The normalized spacial score (nSPS) is 11.2. The Morgan fingerprint density at radius 3 is 2.00 bits per heavy atom. The lowest BCUT2D eigenvalue weighted by atomic mass is 10.2. The maximum absolute atomic E-state index is 12.9. The van der Waals surface area contributed by atoms with Crippen LogP contribution in [0.2, 0.25) is 0 Å². The molecule has 0 bridgehead atoms. The number of amides is 1. The molecule has 0 saturated heterocycles. The minimum atomic E-state index is -3.51. The fraction of sp³-hybridized carbons (Fsp3) is 0.174. The zero-order valence-corrected chi connectivity index (χ0v) is 16.6. The van der Waals surface area contributed by atoms with Crippen molar-refractivity contribution < 1.29 is 13.2 Å². The lowest BCUT2D eigenvalue weighted by Crippen LogP contribution is -2.31. The number of sulfone groups is 1. The SMILES string of the molecule is Cc1ccc(S(=O)(=O)CCC(=O)N(Cc2ccccc2)c2ccccc2)cc1. The molecule has 0 atom stereocenters. The number of hydrogen-bond acceptors (Lipinski definition) is 3. The first-order valence-corrected chi connectivity index (χ1v) is 10.8. The lowest BCUT2D eigenvalue weighted by molar-refractivity contribution is -0.118. The first-order valence-electron chi connectivity index (χ1n) is 9.14. The van der Waals surface area contributed by atoms with E-state index in [1.165, 1.54) is 0 Å². The van der Waals surface area contributed by atoms with Gasteiger partial charge in [-0.05, 0) is 36.8 Å². The summed E-state index contributed by atoms with van der Waals surface area (Å²) in [7, 11) is -3.51. The molecule has 4 nitrogen and oxygen atoms in total. The Bertz CT molecular complexity index is 1010. The Balaban J connectivity index is 1.77. The summed E-state index contributed by atoms with van der Waals surface area (Å²) >= 11 is 0. The van der Waals surface area contributed by atoms with Crippen LogP contribution in [0.3, 0.4) is 0 Å². The summed E-state index contributed by atoms with van der Waals surface area (Å²) in [6.45, 7) is 2.30. The number of para-hydroxylation sites is 1. The Morgan fingerprint density at radius 1 is 0.821 bits per heavy atom. The van der Waals surface area contributed by atoms with Gasteiger partial charge >= 0.3 is 0 Å². The van der Waals surface area contributed by atoms with Gasteiger partial charge in [-0.15, -0.1) is 0 Å². The van der Waals surface area contributed by atoms with Gasteiger partial charge in [-0.1, -0.05) is 66.2 Å². The van der Waals surface area contributed by atoms with Crippen molar-refractivity contribution in [1.29, 1.82) is 0 Å². The van der Waals surface area contributed by atoms with Crippen LogP contribution in [0.4, 0.5) is 5.69 Å². The fourth-order valence-corrected chi connectivity index (χ4v) is 4.15. The molecule has 0 aliphatic rings. The van der Waals surface area contributed by atoms with Gasteiger partial charge in [0.15, 0.2) is 9.84 Å². The van der Waals surface area contributed by atoms with Gasteiger partial charge in [-0.25, -0.2) is 8.42 Å². The van der Waals surface area contributed by atoms with E-state index in [2.05, 4.69) is 0 Å². The molecule has 28 heavy (non-hydrogen) atoms. The third-order valence-corrected chi connectivity index (χ3v) is 6.25. The smallest absolute Gasteiger partial charge is 0.228 e. The largest absolute Gasteiger partial charge is 0.308 e. The fourth-order valence-electron chi connectivity index (χ4n) is 2.92. The number of benzene rings is 3. The van der Waals surface area contributed by atoms with E-state index in [9.17, 15) is 13.2 Å². The standard InChI is InChI=1S/C23H23NO3S/c1-19-12-14-22(15-13-19)28(26,27)17-16-23(25)24(21-10-6-3-7-11-21)18-20-8-4-2-5-9-20/h2-15H,16-18H2,1H3. The number of carbonyl (C=O) groups excluding carboxylic acids is 1. The van der Waals surface area contributed by atoms with Crippen LogP contribution in [0.25, 0.3) is 0 Å². The average Bonchev–Trinajstić information content (AvgIpc) is 2.72. The van der Waals surface area contributed by atoms with Gasteiger partial charge in [0.05, 0.1) is 17.2 Å². The molecule has 0 unspecified atom stereocenters. The molecule has 0 heterocycles. The molecule has 0 aliphatic heterocycles. The van der Waals surface area contributed by atoms with Crippen molar-refractivity contribution in [2.24, 2.45) is 0 Å². The van der Waals surface area contributed by atoms with Crippen LogP contribution in [-0.2, 0) is 21.2 Å². The van der Waals surface area contributed by atoms with Crippen LogP contribution >= 0.6 is 0 Å². The van der Waals surface area contributed by atoms with Gasteiger partial charge in [0.1, 0.15) is 0 Å². The second kappa shape index (κ2) is 8.85. The first kappa shape index (κ1) is 19.8. The van der Waals surface area contributed by atoms with Gasteiger partial charge in [0, 0.05) is 12.1 Å². The molecule has 3 aromatic carbocycles. The number of nitrogens with zero attached hydrogens (tertiary/aromatic N) is 1. The molecule has 3 rings (SSSR count). The van der Waals surface area contributed by atoms with Crippen LogP contribution in [0.1, 0.15) is 17.5 Å². The van der Waals surface area contributed by atoms with E-state index in [1.54, 1.807) is 29.2 Å². The highest BCUT2D eigenvalue weighted by Crippen LogP contribution is 2.20. The van der Waals surface area contributed by atoms with Gasteiger partial charge in [0.25, 0.3) is 0 Å². The molecule has 0 N–H and O–H groups in total. The maximum Gasteiger partial charge on any atom is 0.228 e. The molecule has 0 radical (unpaired) electrons. The summed E-state index contributed by atoms with van der Waals surface area (Å²) in [6.07, 6.45) is -0.0715. The lowest BCUT2D eigenvalue weighted by Gasteiger charge is -2.23. The number of carbonyl (C=O) groups is 1. The molecule has 0 spiro atoms. The number of aryl methyl sites for hydroxylation is 1. The predicted octanol–water partition coefficient (Wildman–Crippen LogP) is 4.39. The van der Waals surface area contributed by atoms with Crippen LogP contribution in [0.5, 0.6) is 0 Å². The van der Waals surface area contributed by atoms with E-state index in [4.69, 9.17) is 0 Å². The van der Waals surface area contributed by atoms with Gasteiger partial charge < -0.3 is 4.90 Å². The summed E-state index contributed by atoms with van der Waals surface area (Å²) < 4.78 is 25.2. The number of rotatable bonds is 7. The molecule has 0 aliphatic carbocycles. The summed E-state index contributed by atoms with van der Waals surface area (Å²) in [5, 5.41) is 0. The Hall–Kier alpha value is -2.92. The monoisotopic (exact) mass is 393 g/mol. The molecular weight excluding hydrogens is 370 g/mol. The molecule has 0 saturated carbocycles. The summed E-state index contributed by atoms with van der Waals surface area (Å²) in [5.74, 6) is -0.432. The van der Waals surface area contributed by atoms with Crippen molar-refractivity contribution in [3.8, 4) is 0 Å². The maximum atomic E-state index is 12.9. The second-order valence-corrected chi connectivity index (χ2v) is 8.79. The van der Waals surface area contributed by atoms with Crippen molar-refractivity contribution in [3.05, 3.63) is 96.1 Å². The molecular formula is C23H23NO3S. The highest BCUT2D eigenvalue weighted by Gasteiger charge is 2.21. The summed E-state index contributed by atoms with van der Waals surface area (Å²) in [6, 6.07) is 25.7. The zero-order chi connectivity index (χ0) is 20.0. The third-order valence-electron chi connectivity index (χ3n) is 4.52. The number of hydrogen-bond donors (Lipinski definition) is 0. The Kier molecular flexibility index (Phi) is 6.26. The van der Waals surface area contributed by atoms with Crippen molar-refractivity contribution in [1.82, 2.24) is 0 Å². The molecule has 0 aromatic heterocycles. The van der Waals surface area contributed by atoms with E-state index >= 15 is 0 Å². The number of anilines is 1. The minimum Gasteiger partial charge on any atom is -0.308 e. The highest BCUT2D eigenvalue weighted by molar-refractivity contribution is 7.91. The Labute approximate surface area is 166 Å². The molecule has 0 fully saturated rings. The van der Waals surface area contributed by atoms with Gasteiger partial charge in [0.2, 0.25) is 5.91 Å². The quantitative estimate of drug-likeness (QED) is 0.598.